The molecule has 1 amide bonds. The molecule has 0 aromatic heterocycles. The van der Waals surface area contributed by atoms with E-state index < -0.39 is 55.6 Å². The predicted molar refractivity (Wildman–Crippen MR) is 177 cm³/mol. The van der Waals surface area contributed by atoms with Crippen LogP contribution < -0.4 is 5.32 Å². The van der Waals surface area contributed by atoms with Gasteiger partial charge in [-0.2, -0.15) is 0 Å². The zero-order chi connectivity index (χ0) is 33.3. The lowest BCUT2D eigenvalue weighted by Crippen LogP contribution is -2.60. The third-order valence-corrected chi connectivity index (χ3v) is 9.03. The lowest BCUT2D eigenvalue weighted by molar-refractivity contribution is -0.303. The number of aliphatic hydroxyl groups is 6. The van der Waals surface area contributed by atoms with E-state index in [9.17, 15) is 35.4 Å². The van der Waals surface area contributed by atoms with Crippen LogP contribution in [-0.4, -0.2) is 98.7 Å². The van der Waals surface area contributed by atoms with Crippen LogP contribution in [0.1, 0.15) is 155 Å². The Morgan fingerprint density at radius 3 is 1.60 bits per heavy atom. The van der Waals surface area contributed by atoms with Crippen LogP contribution in [0.15, 0.2) is 0 Å². The van der Waals surface area contributed by atoms with E-state index in [-0.39, 0.29) is 18.9 Å². The largest absolute Gasteiger partial charge is 0.394 e. The Hall–Kier alpha value is -0.850. The fourth-order valence-corrected chi connectivity index (χ4v) is 6.01. The van der Waals surface area contributed by atoms with Crippen molar-refractivity contribution in [3.05, 3.63) is 0 Å². The Morgan fingerprint density at radius 1 is 0.689 bits per heavy atom. The molecule has 0 saturated carbocycles. The molecule has 1 aliphatic rings. The average Bonchev–Trinajstić information content (AvgIpc) is 3.03. The summed E-state index contributed by atoms with van der Waals surface area (Å²) >= 11 is 0. The molecule has 0 aliphatic carbocycles. The highest BCUT2D eigenvalue weighted by atomic mass is 16.7. The molecule has 10 heteroatoms. The second kappa shape index (κ2) is 27.1. The molecule has 1 rings (SSSR count). The van der Waals surface area contributed by atoms with E-state index in [0.29, 0.717) is 12.8 Å². The number of nitrogens with one attached hydrogen (secondary N) is 1. The van der Waals surface area contributed by atoms with E-state index >= 15 is 0 Å². The van der Waals surface area contributed by atoms with Gasteiger partial charge in [0.15, 0.2) is 6.29 Å². The number of hydrogen-bond donors (Lipinski definition) is 7. The van der Waals surface area contributed by atoms with Crippen molar-refractivity contribution in [1.82, 2.24) is 5.32 Å². The smallest absolute Gasteiger partial charge is 0.220 e. The van der Waals surface area contributed by atoms with E-state index in [4.69, 9.17) is 9.47 Å². The highest BCUT2D eigenvalue weighted by molar-refractivity contribution is 5.76. The van der Waals surface area contributed by atoms with Gasteiger partial charge in [-0.25, -0.2) is 0 Å². The Balaban J connectivity index is 2.20. The number of hydrogen-bond acceptors (Lipinski definition) is 9. The molecule has 1 saturated heterocycles. The first-order chi connectivity index (χ1) is 21.8. The molecule has 0 radical (unpaired) electrons. The van der Waals surface area contributed by atoms with Gasteiger partial charge in [-0.3, -0.25) is 4.79 Å². The Kier molecular flexibility index (Phi) is 25.4. The molecule has 0 aromatic rings. The number of carbonyl (C=O) groups excluding carboxylic acids is 1. The number of rotatable bonds is 29. The second-order valence-electron chi connectivity index (χ2n) is 13.2. The molecule has 1 heterocycles. The first kappa shape index (κ1) is 42.2. The van der Waals surface area contributed by atoms with Crippen LogP contribution in [0.3, 0.4) is 0 Å². The lowest BCUT2D eigenvalue weighted by Gasteiger charge is -2.40. The van der Waals surface area contributed by atoms with Gasteiger partial charge in [0, 0.05) is 6.42 Å². The van der Waals surface area contributed by atoms with Gasteiger partial charge in [-0.05, 0) is 12.8 Å². The van der Waals surface area contributed by atoms with Crippen LogP contribution in [0.4, 0.5) is 0 Å². The monoisotopic (exact) mass is 647 g/mol. The van der Waals surface area contributed by atoms with Crippen LogP contribution in [0.5, 0.6) is 0 Å². The maximum atomic E-state index is 12.7. The van der Waals surface area contributed by atoms with Crippen LogP contribution in [0.2, 0.25) is 0 Å². The van der Waals surface area contributed by atoms with Crippen LogP contribution in [0, 0.1) is 0 Å². The van der Waals surface area contributed by atoms with Crippen molar-refractivity contribution >= 4 is 5.91 Å². The molecule has 0 spiro atoms. The molecule has 268 valence electrons. The number of aliphatic hydroxyl groups excluding tert-OH is 6. The first-order valence-electron chi connectivity index (χ1n) is 18.3. The predicted octanol–water partition coefficient (Wildman–Crippen LogP) is 4.63. The van der Waals surface area contributed by atoms with Crippen molar-refractivity contribution in [3.8, 4) is 0 Å². The normalized spacial score (nSPS) is 24.0. The number of amides is 1. The van der Waals surface area contributed by atoms with Gasteiger partial charge in [0.2, 0.25) is 5.91 Å². The summed E-state index contributed by atoms with van der Waals surface area (Å²) in [5, 5.41) is 63.4. The molecule has 0 aromatic carbocycles. The van der Waals surface area contributed by atoms with E-state index in [2.05, 4.69) is 12.2 Å². The summed E-state index contributed by atoms with van der Waals surface area (Å²) in [6.45, 7) is 3.23. The quantitative estimate of drug-likeness (QED) is 0.0572. The Morgan fingerprint density at radius 2 is 1.16 bits per heavy atom. The maximum absolute atomic E-state index is 12.7. The number of ether oxygens (including phenoxy) is 2. The number of unbranched alkanes of at least 4 members (excludes halogenated alkanes) is 18. The molecule has 45 heavy (non-hydrogen) atoms. The summed E-state index contributed by atoms with van der Waals surface area (Å²) in [6, 6.07) is -0.980. The molecule has 8 atom stereocenters. The highest BCUT2D eigenvalue weighted by Gasteiger charge is 2.44. The van der Waals surface area contributed by atoms with Crippen molar-refractivity contribution in [1.29, 1.82) is 0 Å². The summed E-state index contributed by atoms with van der Waals surface area (Å²) in [7, 11) is 0. The molecule has 7 N–H and O–H groups in total. The average molecular weight is 648 g/mol. The van der Waals surface area contributed by atoms with Crippen molar-refractivity contribution in [2.75, 3.05) is 13.2 Å². The van der Waals surface area contributed by atoms with E-state index in [0.717, 1.165) is 25.7 Å². The summed E-state index contributed by atoms with van der Waals surface area (Å²) < 4.78 is 10.9. The summed E-state index contributed by atoms with van der Waals surface area (Å²) in [5.74, 6) is -0.271. The molecule has 1 fully saturated rings. The maximum Gasteiger partial charge on any atom is 0.220 e. The van der Waals surface area contributed by atoms with Crippen LogP contribution in [-0.2, 0) is 14.3 Å². The first-order valence-corrected chi connectivity index (χ1v) is 18.3. The molecular weight excluding hydrogens is 578 g/mol. The SMILES string of the molecule is CCCCCCCCCCCCCCCCCCCCCC(=O)N[C@@H](CO[C@H]1O[C@H](CO)[C@H](O)[C@H](O)[C@H]1O)[C@H](O)[C@H](O)CCC. The zero-order valence-corrected chi connectivity index (χ0v) is 28.5. The van der Waals surface area contributed by atoms with Gasteiger partial charge in [-0.15, -0.1) is 0 Å². The van der Waals surface area contributed by atoms with E-state index in [1.165, 1.54) is 96.3 Å². The molecule has 0 unspecified atom stereocenters. The van der Waals surface area contributed by atoms with Crippen molar-refractivity contribution in [2.24, 2.45) is 0 Å². The molecular formula is C35H69NO9. The summed E-state index contributed by atoms with van der Waals surface area (Å²) in [5.41, 5.74) is 0. The summed E-state index contributed by atoms with van der Waals surface area (Å²) in [6.07, 6.45) is 15.9. The molecule has 0 bridgehead atoms. The van der Waals surface area contributed by atoms with Gasteiger partial charge < -0.3 is 45.4 Å². The minimum atomic E-state index is -1.60. The minimum Gasteiger partial charge on any atom is -0.394 e. The van der Waals surface area contributed by atoms with Gasteiger partial charge in [0.25, 0.3) is 0 Å². The van der Waals surface area contributed by atoms with Crippen LogP contribution in [0.25, 0.3) is 0 Å². The topological polar surface area (TPSA) is 169 Å². The fraction of sp³-hybridized carbons (Fsp3) is 0.971. The Bertz CT molecular complexity index is 698. The molecule has 10 nitrogen and oxygen atoms in total. The lowest BCUT2D eigenvalue weighted by atomic mass is 9.99. The van der Waals surface area contributed by atoms with Gasteiger partial charge in [0.05, 0.1) is 25.4 Å². The fourth-order valence-electron chi connectivity index (χ4n) is 6.01. The number of carbonyl (C=O) groups is 1. The van der Waals surface area contributed by atoms with Crippen LogP contribution >= 0.6 is 0 Å². The van der Waals surface area contributed by atoms with Crippen molar-refractivity contribution in [3.63, 3.8) is 0 Å². The van der Waals surface area contributed by atoms with Gasteiger partial charge in [-0.1, -0.05) is 136 Å². The zero-order valence-electron chi connectivity index (χ0n) is 28.5. The van der Waals surface area contributed by atoms with E-state index in [1.807, 2.05) is 6.92 Å². The second-order valence-corrected chi connectivity index (χ2v) is 13.2. The highest BCUT2D eigenvalue weighted by Crippen LogP contribution is 2.23. The molecule has 1 aliphatic heterocycles. The van der Waals surface area contributed by atoms with Crippen molar-refractivity contribution in [2.45, 2.75) is 204 Å². The Labute approximate surface area is 273 Å². The third-order valence-electron chi connectivity index (χ3n) is 9.03. The summed E-state index contributed by atoms with van der Waals surface area (Å²) in [4.78, 5) is 12.7. The van der Waals surface area contributed by atoms with Gasteiger partial charge >= 0.3 is 0 Å². The van der Waals surface area contributed by atoms with Crippen molar-refractivity contribution < 1.29 is 44.9 Å². The van der Waals surface area contributed by atoms with Gasteiger partial charge in [0.1, 0.15) is 30.5 Å². The standard InChI is InChI=1S/C35H69NO9/c1-3-5-6-7-8-9-10-11-12-13-14-15-16-17-18-19-20-21-22-24-30(39)36-27(31(40)28(38)23-4-2)26-44-35-34(43)33(42)32(41)29(25-37)45-35/h27-29,31-35,37-38,40-43H,3-26H2,1-2H3,(H,36,39)/t27-,28+,29+,31-,32-,33-,34+,35-/m0/s1. The minimum absolute atomic E-state index is 0.271. The third kappa shape index (κ3) is 18.9. The van der Waals surface area contributed by atoms with E-state index in [1.54, 1.807) is 0 Å².